The normalized spacial score (nSPS) is 12.1. The molecule has 0 bridgehead atoms. The van der Waals surface area contributed by atoms with Crippen LogP contribution in [0.5, 0.6) is 0 Å². The fourth-order valence-corrected chi connectivity index (χ4v) is 6.95. The van der Waals surface area contributed by atoms with Gasteiger partial charge in [-0.1, -0.05) is 199 Å². The van der Waals surface area contributed by atoms with Crippen molar-refractivity contribution in [2.24, 2.45) is 0 Å². The fraction of sp³-hybridized carbons (Fsp3) is 0.860. The van der Waals surface area contributed by atoms with Crippen molar-refractivity contribution >= 4 is 17.9 Å². The minimum Gasteiger partial charge on any atom is -0.462 e. The van der Waals surface area contributed by atoms with E-state index in [0.717, 1.165) is 70.6 Å². The van der Waals surface area contributed by atoms with Crippen LogP contribution in [0.1, 0.15) is 258 Å². The summed E-state index contributed by atoms with van der Waals surface area (Å²) in [6.45, 7) is 6.57. The van der Waals surface area contributed by atoms with Crippen LogP contribution in [0.4, 0.5) is 0 Å². The van der Waals surface area contributed by atoms with Gasteiger partial charge in [-0.05, 0) is 64.2 Å². The van der Waals surface area contributed by atoms with Gasteiger partial charge in [0.05, 0.1) is 0 Å². The van der Waals surface area contributed by atoms with E-state index in [1.54, 1.807) is 0 Å². The molecular formula is C50H92O6. The van der Waals surface area contributed by atoms with E-state index < -0.39 is 6.10 Å². The quantitative estimate of drug-likeness (QED) is 0.0265. The van der Waals surface area contributed by atoms with E-state index >= 15 is 0 Å². The summed E-state index contributed by atoms with van der Waals surface area (Å²) >= 11 is 0. The Morgan fingerprint density at radius 2 is 0.607 bits per heavy atom. The molecule has 1 unspecified atom stereocenters. The van der Waals surface area contributed by atoms with Gasteiger partial charge in [0.15, 0.2) is 6.10 Å². The minimum absolute atomic E-state index is 0.0740. The molecule has 0 rings (SSSR count). The maximum atomic E-state index is 12.7. The molecule has 0 spiro atoms. The van der Waals surface area contributed by atoms with Crippen LogP contribution in [0, 0.1) is 0 Å². The molecule has 0 fully saturated rings. The number of allylic oxidation sites excluding steroid dienone is 4. The van der Waals surface area contributed by atoms with E-state index in [4.69, 9.17) is 14.2 Å². The highest BCUT2D eigenvalue weighted by Crippen LogP contribution is 2.15. The van der Waals surface area contributed by atoms with Gasteiger partial charge in [0.2, 0.25) is 0 Å². The van der Waals surface area contributed by atoms with E-state index in [-0.39, 0.29) is 31.1 Å². The van der Waals surface area contributed by atoms with Gasteiger partial charge >= 0.3 is 17.9 Å². The molecule has 0 aromatic heterocycles. The molecule has 0 aromatic rings. The van der Waals surface area contributed by atoms with E-state index in [1.807, 2.05) is 0 Å². The Kier molecular flexibility index (Phi) is 43.9. The first-order chi connectivity index (χ1) is 27.5. The third-order valence-corrected chi connectivity index (χ3v) is 10.7. The van der Waals surface area contributed by atoms with Gasteiger partial charge in [-0.3, -0.25) is 14.4 Å². The molecule has 0 saturated carbocycles. The molecule has 0 heterocycles. The second-order valence-corrected chi connectivity index (χ2v) is 16.4. The first-order valence-corrected chi connectivity index (χ1v) is 24.3. The third kappa shape index (κ3) is 43.0. The number of hydrogen-bond donors (Lipinski definition) is 0. The highest BCUT2D eigenvalue weighted by atomic mass is 16.6. The van der Waals surface area contributed by atoms with Crippen molar-refractivity contribution in [3.05, 3.63) is 24.3 Å². The Morgan fingerprint density at radius 3 is 0.982 bits per heavy atom. The van der Waals surface area contributed by atoms with Crippen LogP contribution < -0.4 is 0 Å². The molecule has 0 aliphatic rings. The van der Waals surface area contributed by atoms with Gasteiger partial charge in [0.1, 0.15) is 13.2 Å². The van der Waals surface area contributed by atoms with Crippen LogP contribution in [-0.2, 0) is 28.6 Å². The standard InChI is InChI=1S/C50H92O6/c1-4-7-10-13-16-19-22-24-25-26-29-31-34-37-40-43-49(52)55-46-47(45-54-48(51)42-39-36-33-30-27-21-18-15-12-9-6-3)56-50(53)44-41-38-35-32-28-23-20-17-14-11-8-5-2/h15,17-18,20,47H,4-14,16,19,21-46H2,1-3H3/b18-15-,20-17-. The minimum atomic E-state index is -0.772. The molecule has 1 atom stereocenters. The number of rotatable bonds is 44. The maximum absolute atomic E-state index is 12.7. The predicted molar refractivity (Wildman–Crippen MR) is 238 cm³/mol. The molecule has 6 heteroatoms. The Balaban J connectivity index is 4.34. The van der Waals surface area contributed by atoms with Crippen molar-refractivity contribution in [3.63, 3.8) is 0 Å². The van der Waals surface area contributed by atoms with E-state index in [1.165, 1.54) is 148 Å². The van der Waals surface area contributed by atoms with Crippen molar-refractivity contribution in [3.8, 4) is 0 Å². The number of carbonyl (C=O) groups excluding carboxylic acids is 3. The molecular weight excluding hydrogens is 697 g/mol. The summed E-state index contributed by atoms with van der Waals surface area (Å²) in [6.07, 6.45) is 50.1. The molecule has 0 N–H and O–H groups in total. The van der Waals surface area contributed by atoms with E-state index in [2.05, 4.69) is 45.1 Å². The highest BCUT2D eigenvalue weighted by molar-refractivity contribution is 5.71. The zero-order chi connectivity index (χ0) is 40.8. The second kappa shape index (κ2) is 45.6. The average Bonchev–Trinajstić information content (AvgIpc) is 3.19. The van der Waals surface area contributed by atoms with Gasteiger partial charge < -0.3 is 14.2 Å². The molecule has 0 aliphatic carbocycles. The van der Waals surface area contributed by atoms with Crippen LogP contribution in [-0.4, -0.2) is 37.2 Å². The van der Waals surface area contributed by atoms with Gasteiger partial charge in [0.25, 0.3) is 0 Å². The highest BCUT2D eigenvalue weighted by Gasteiger charge is 2.19. The maximum Gasteiger partial charge on any atom is 0.306 e. The number of esters is 3. The largest absolute Gasteiger partial charge is 0.462 e. The van der Waals surface area contributed by atoms with Crippen LogP contribution in [0.3, 0.4) is 0 Å². The van der Waals surface area contributed by atoms with Crippen molar-refractivity contribution in [1.29, 1.82) is 0 Å². The molecule has 0 amide bonds. The fourth-order valence-electron chi connectivity index (χ4n) is 6.95. The number of ether oxygens (including phenoxy) is 3. The zero-order valence-corrected chi connectivity index (χ0v) is 37.4. The van der Waals surface area contributed by atoms with Crippen LogP contribution in [0.15, 0.2) is 24.3 Å². The predicted octanol–water partition coefficient (Wildman–Crippen LogP) is 15.6. The van der Waals surface area contributed by atoms with Crippen LogP contribution in [0.25, 0.3) is 0 Å². The van der Waals surface area contributed by atoms with Crippen molar-refractivity contribution < 1.29 is 28.6 Å². The molecule has 0 saturated heterocycles. The Labute approximate surface area is 347 Å². The lowest BCUT2D eigenvalue weighted by molar-refractivity contribution is -0.167. The number of carbonyl (C=O) groups is 3. The van der Waals surface area contributed by atoms with Crippen molar-refractivity contribution in [2.45, 2.75) is 264 Å². The average molecular weight is 789 g/mol. The summed E-state index contributed by atoms with van der Waals surface area (Å²) in [5.41, 5.74) is 0. The molecule has 0 aromatic carbocycles. The second-order valence-electron chi connectivity index (χ2n) is 16.4. The van der Waals surface area contributed by atoms with Crippen molar-refractivity contribution in [1.82, 2.24) is 0 Å². The summed E-state index contributed by atoms with van der Waals surface area (Å²) in [5, 5.41) is 0. The molecule has 56 heavy (non-hydrogen) atoms. The topological polar surface area (TPSA) is 78.9 Å². The summed E-state index contributed by atoms with van der Waals surface area (Å²) in [5.74, 6) is -0.885. The number of unbranched alkanes of at least 4 members (excludes halogenated alkanes) is 29. The number of hydrogen-bond acceptors (Lipinski definition) is 6. The lowest BCUT2D eigenvalue weighted by Crippen LogP contribution is -2.30. The first kappa shape index (κ1) is 53.9. The molecule has 328 valence electrons. The van der Waals surface area contributed by atoms with E-state index in [9.17, 15) is 14.4 Å². The lowest BCUT2D eigenvalue weighted by Gasteiger charge is -2.18. The molecule has 0 radical (unpaired) electrons. The smallest absolute Gasteiger partial charge is 0.306 e. The van der Waals surface area contributed by atoms with Gasteiger partial charge in [-0.25, -0.2) is 0 Å². The van der Waals surface area contributed by atoms with Gasteiger partial charge in [0, 0.05) is 19.3 Å². The molecule has 0 aliphatic heterocycles. The Bertz CT molecular complexity index is 911. The zero-order valence-electron chi connectivity index (χ0n) is 37.4. The molecule has 6 nitrogen and oxygen atoms in total. The summed E-state index contributed by atoms with van der Waals surface area (Å²) in [7, 11) is 0. The lowest BCUT2D eigenvalue weighted by atomic mass is 10.0. The van der Waals surface area contributed by atoms with Gasteiger partial charge in [-0.2, -0.15) is 0 Å². The van der Waals surface area contributed by atoms with E-state index in [0.29, 0.717) is 19.3 Å². The van der Waals surface area contributed by atoms with Crippen molar-refractivity contribution in [2.75, 3.05) is 13.2 Å². The van der Waals surface area contributed by atoms with Crippen LogP contribution in [0.2, 0.25) is 0 Å². The monoisotopic (exact) mass is 789 g/mol. The summed E-state index contributed by atoms with van der Waals surface area (Å²) < 4.78 is 16.7. The first-order valence-electron chi connectivity index (χ1n) is 24.3. The Hall–Kier alpha value is -2.11. The summed E-state index contributed by atoms with van der Waals surface area (Å²) in [6, 6.07) is 0. The van der Waals surface area contributed by atoms with Crippen LogP contribution >= 0.6 is 0 Å². The Morgan fingerprint density at radius 1 is 0.339 bits per heavy atom. The SMILES string of the molecule is CCCC/C=C\CCCCCCCC(=O)OCC(COC(=O)CCCCCCCCCCCCCCCCC)OC(=O)CCCCCCC/C=C\CCCCC. The van der Waals surface area contributed by atoms with Gasteiger partial charge in [-0.15, -0.1) is 0 Å². The third-order valence-electron chi connectivity index (χ3n) is 10.7. The summed E-state index contributed by atoms with van der Waals surface area (Å²) in [4.78, 5) is 37.8.